The van der Waals surface area contributed by atoms with E-state index >= 15 is 0 Å². The summed E-state index contributed by atoms with van der Waals surface area (Å²) < 4.78 is 0. The van der Waals surface area contributed by atoms with Gasteiger partial charge in [-0.15, -0.1) is 0 Å². The third-order valence-electron chi connectivity index (χ3n) is 4.38. The highest BCUT2D eigenvalue weighted by Crippen LogP contribution is 2.28. The largest absolute Gasteiger partial charge is 0.374 e. The minimum Gasteiger partial charge on any atom is -0.374 e. The standard InChI is InChI=1S/C18H31N3/c1-14(2)10-19-11-17-12-20-15(3)9-18(17)21(4)13-16-7-5-6-8-16/h9,12,14,16,19H,5-8,10-11,13H2,1-4H3. The summed E-state index contributed by atoms with van der Waals surface area (Å²) in [6.07, 6.45) is 7.67. The second kappa shape index (κ2) is 7.79. The predicted octanol–water partition coefficient (Wildman–Crippen LogP) is 3.76. The van der Waals surface area contributed by atoms with Crippen LogP contribution in [-0.2, 0) is 6.54 Å². The topological polar surface area (TPSA) is 28.2 Å². The van der Waals surface area contributed by atoms with E-state index in [1.165, 1.54) is 43.5 Å². The third kappa shape index (κ3) is 4.99. The van der Waals surface area contributed by atoms with Crippen LogP contribution in [0.1, 0.15) is 50.8 Å². The molecule has 0 unspecified atom stereocenters. The van der Waals surface area contributed by atoms with Crippen LogP contribution in [0.4, 0.5) is 5.69 Å². The van der Waals surface area contributed by atoms with Gasteiger partial charge in [-0.3, -0.25) is 4.98 Å². The second-order valence-corrected chi connectivity index (χ2v) is 7.01. The van der Waals surface area contributed by atoms with Crippen LogP contribution < -0.4 is 10.2 Å². The minimum atomic E-state index is 0.683. The summed E-state index contributed by atoms with van der Waals surface area (Å²) in [5.41, 5.74) is 3.78. The van der Waals surface area contributed by atoms with Crippen molar-refractivity contribution in [3.8, 4) is 0 Å². The van der Waals surface area contributed by atoms with Crippen molar-refractivity contribution in [3.63, 3.8) is 0 Å². The van der Waals surface area contributed by atoms with Crippen LogP contribution >= 0.6 is 0 Å². The van der Waals surface area contributed by atoms with Crippen LogP contribution in [0.25, 0.3) is 0 Å². The zero-order valence-corrected chi connectivity index (χ0v) is 14.2. The molecule has 0 aromatic carbocycles. The number of pyridine rings is 1. The molecule has 0 radical (unpaired) electrons. The van der Waals surface area contributed by atoms with Crippen LogP contribution in [-0.4, -0.2) is 25.1 Å². The van der Waals surface area contributed by atoms with Gasteiger partial charge in [0.25, 0.3) is 0 Å². The molecule has 0 saturated heterocycles. The summed E-state index contributed by atoms with van der Waals surface area (Å²) in [5.74, 6) is 1.56. The summed E-state index contributed by atoms with van der Waals surface area (Å²) in [7, 11) is 2.24. The Morgan fingerprint density at radius 3 is 2.71 bits per heavy atom. The summed E-state index contributed by atoms with van der Waals surface area (Å²) in [4.78, 5) is 6.93. The van der Waals surface area contributed by atoms with Crippen molar-refractivity contribution in [2.24, 2.45) is 11.8 Å². The fraction of sp³-hybridized carbons (Fsp3) is 0.722. The molecule has 1 aliphatic rings. The summed E-state index contributed by atoms with van der Waals surface area (Å²) >= 11 is 0. The van der Waals surface area contributed by atoms with Gasteiger partial charge in [0.15, 0.2) is 0 Å². The summed E-state index contributed by atoms with van der Waals surface area (Å²) in [6.45, 7) is 9.72. The van der Waals surface area contributed by atoms with Crippen LogP contribution in [0.3, 0.4) is 0 Å². The van der Waals surface area contributed by atoms with Crippen LogP contribution in [0, 0.1) is 18.8 Å². The Balaban J connectivity index is 2.02. The van der Waals surface area contributed by atoms with Gasteiger partial charge in [-0.2, -0.15) is 0 Å². The molecule has 3 nitrogen and oxygen atoms in total. The number of hydrogen-bond acceptors (Lipinski definition) is 3. The molecular formula is C18H31N3. The van der Waals surface area contributed by atoms with Crippen molar-refractivity contribution >= 4 is 5.69 Å². The summed E-state index contributed by atoms with van der Waals surface area (Å²) in [6, 6.07) is 2.24. The van der Waals surface area contributed by atoms with Gasteiger partial charge in [-0.1, -0.05) is 26.7 Å². The predicted molar refractivity (Wildman–Crippen MR) is 90.7 cm³/mol. The zero-order chi connectivity index (χ0) is 15.2. The van der Waals surface area contributed by atoms with E-state index in [0.717, 1.165) is 24.7 Å². The monoisotopic (exact) mass is 289 g/mol. The van der Waals surface area contributed by atoms with Gasteiger partial charge in [-0.25, -0.2) is 0 Å². The van der Waals surface area contributed by atoms with E-state index in [4.69, 9.17) is 0 Å². The van der Waals surface area contributed by atoms with Gasteiger partial charge in [0.2, 0.25) is 0 Å². The van der Waals surface area contributed by atoms with E-state index in [9.17, 15) is 0 Å². The maximum atomic E-state index is 4.49. The minimum absolute atomic E-state index is 0.683. The lowest BCUT2D eigenvalue weighted by molar-refractivity contribution is 0.540. The Morgan fingerprint density at radius 2 is 2.05 bits per heavy atom. The lowest BCUT2D eigenvalue weighted by atomic mass is 10.1. The maximum absolute atomic E-state index is 4.49. The van der Waals surface area contributed by atoms with Gasteiger partial charge in [-0.05, 0) is 44.2 Å². The first-order valence-corrected chi connectivity index (χ1v) is 8.43. The van der Waals surface area contributed by atoms with Crippen molar-refractivity contribution < 1.29 is 0 Å². The second-order valence-electron chi connectivity index (χ2n) is 7.01. The highest BCUT2D eigenvalue weighted by Gasteiger charge is 2.18. The van der Waals surface area contributed by atoms with E-state index in [0.29, 0.717) is 5.92 Å². The SMILES string of the molecule is Cc1cc(N(C)CC2CCCC2)c(CNCC(C)C)cn1. The van der Waals surface area contributed by atoms with Gasteiger partial charge in [0.05, 0.1) is 0 Å². The van der Waals surface area contributed by atoms with Gasteiger partial charge >= 0.3 is 0 Å². The van der Waals surface area contributed by atoms with E-state index in [1.54, 1.807) is 0 Å². The highest BCUT2D eigenvalue weighted by atomic mass is 15.1. The zero-order valence-electron chi connectivity index (χ0n) is 14.2. The lowest BCUT2D eigenvalue weighted by Crippen LogP contribution is -2.27. The number of nitrogens with zero attached hydrogens (tertiary/aromatic N) is 2. The average molecular weight is 289 g/mol. The number of rotatable bonds is 7. The molecule has 1 N–H and O–H groups in total. The average Bonchev–Trinajstić information content (AvgIpc) is 2.92. The Kier molecular flexibility index (Phi) is 6.04. The number of aryl methyl sites for hydroxylation is 1. The molecule has 0 bridgehead atoms. The molecule has 2 rings (SSSR count). The normalized spacial score (nSPS) is 15.9. The number of hydrogen-bond donors (Lipinski definition) is 1. The Labute approximate surface area is 130 Å². The van der Waals surface area contributed by atoms with E-state index in [-0.39, 0.29) is 0 Å². The lowest BCUT2D eigenvalue weighted by Gasteiger charge is -2.26. The molecule has 21 heavy (non-hydrogen) atoms. The first-order chi connectivity index (χ1) is 10.1. The molecule has 0 atom stereocenters. The number of anilines is 1. The van der Waals surface area contributed by atoms with Crippen molar-refractivity contribution in [2.75, 3.05) is 25.0 Å². The van der Waals surface area contributed by atoms with Crippen LogP contribution in [0.5, 0.6) is 0 Å². The molecule has 1 heterocycles. The molecule has 118 valence electrons. The van der Waals surface area contributed by atoms with Crippen LogP contribution in [0.2, 0.25) is 0 Å². The van der Waals surface area contributed by atoms with Crippen LogP contribution in [0.15, 0.2) is 12.3 Å². The van der Waals surface area contributed by atoms with Gasteiger partial charge in [0.1, 0.15) is 0 Å². The molecule has 1 aromatic rings. The molecule has 0 amide bonds. The fourth-order valence-electron chi connectivity index (χ4n) is 3.24. The third-order valence-corrected chi connectivity index (χ3v) is 4.38. The highest BCUT2D eigenvalue weighted by molar-refractivity contribution is 5.53. The summed E-state index contributed by atoms with van der Waals surface area (Å²) in [5, 5.41) is 3.54. The number of aromatic nitrogens is 1. The van der Waals surface area contributed by atoms with Gasteiger partial charge in [0, 0.05) is 43.3 Å². The Bertz CT molecular complexity index is 436. The first-order valence-electron chi connectivity index (χ1n) is 8.43. The maximum Gasteiger partial charge on any atom is 0.0443 e. The molecule has 1 aliphatic carbocycles. The van der Waals surface area contributed by atoms with Crippen molar-refractivity contribution in [1.29, 1.82) is 0 Å². The molecule has 1 fully saturated rings. The van der Waals surface area contributed by atoms with Crippen molar-refractivity contribution in [1.82, 2.24) is 10.3 Å². The van der Waals surface area contributed by atoms with Gasteiger partial charge < -0.3 is 10.2 Å². The van der Waals surface area contributed by atoms with Crippen molar-refractivity contribution in [3.05, 3.63) is 23.5 Å². The smallest absolute Gasteiger partial charge is 0.0443 e. The Hall–Kier alpha value is -1.09. The molecule has 1 saturated carbocycles. The van der Waals surface area contributed by atoms with E-state index < -0.39 is 0 Å². The molecular weight excluding hydrogens is 258 g/mol. The number of nitrogens with one attached hydrogen (secondary N) is 1. The first kappa shape index (κ1) is 16.3. The quantitative estimate of drug-likeness (QED) is 0.828. The fourth-order valence-corrected chi connectivity index (χ4v) is 3.24. The molecule has 1 aromatic heterocycles. The molecule has 3 heteroatoms. The molecule has 0 spiro atoms. The van der Waals surface area contributed by atoms with E-state index in [1.807, 2.05) is 6.20 Å². The van der Waals surface area contributed by atoms with Crippen molar-refractivity contribution in [2.45, 2.75) is 53.0 Å². The van der Waals surface area contributed by atoms with E-state index in [2.05, 4.69) is 49.1 Å². The Morgan fingerprint density at radius 1 is 1.33 bits per heavy atom. The molecule has 0 aliphatic heterocycles.